The number of anilines is 1. The van der Waals surface area contributed by atoms with Gasteiger partial charge in [0, 0.05) is 55.7 Å². The first-order chi connectivity index (χ1) is 23.2. The number of halogens is 3. The van der Waals surface area contributed by atoms with E-state index in [1.54, 1.807) is 4.90 Å². The molecule has 2 unspecified atom stereocenters. The number of carbonyl (C=O) groups excluding carboxylic acids is 4. The SMILES string of the molecule is COc1ccc(-c2cnc(C(=O)Nc3ccc(C(=O)NC4C5CN(C(=O)N[C@@H]6C[N+](C)(C)C[C@H]6O)CC54)c(Cl)c3)n2C)c(F)c1F.O=C[O-]. The average Bonchev–Trinajstić information content (AvgIpc) is 3.34. The Labute approximate surface area is 285 Å². The summed E-state index contributed by atoms with van der Waals surface area (Å²) < 4.78 is 35.7. The number of aliphatic hydroxyl groups is 1. The molecule has 0 spiro atoms. The van der Waals surface area contributed by atoms with Crippen LogP contribution in [0, 0.1) is 23.5 Å². The molecule has 1 aliphatic carbocycles. The largest absolute Gasteiger partial charge is 0.554 e. The molecular weight excluding hydrogens is 668 g/mol. The standard InChI is InChI=1S/C31H34ClF2N7O5.CH2O2/c1-39-22(17-7-8-24(46-4)26(34)25(17)33)10-35-28(39)30(44)36-15-5-6-16(20(32)9-15)29(43)38-27-18-11-40(12-19(18)27)31(45)37-21-13-41(2,3)14-23(21)42;2-1-3/h5-10,18-19,21,23,27,42H,11-14H2,1-4H3,(H2-,36,37,38,43,44,45);1H,(H,2,3)/t18?,19?,21-,23-,27?;/m1./s1. The number of quaternary nitrogens is 1. The Bertz CT molecular complexity index is 1780. The number of carboxylic acid groups (broad SMARTS) is 1. The summed E-state index contributed by atoms with van der Waals surface area (Å²) in [6.07, 6.45) is 0.678. The molecule has 0 bridgehead atoms. The first-order valence-corrected chi connectivity index (χ1v) is 15.6. The highest BCUT2D eigenvalue weighted by Gasteiger charge is 2.58. The van der Waals surface area contributed by atoms with Crippen LogP contribution in [0.2, 0.25) is 5.02 Å². The maximum atomic E-state index is 14.6. The van der Waals surface area contributed by atoms with Crippen LogP contribution in [0.4, 0.5) is 19.3 Å². The van der Waals surface area contributed by atoms with Gasteiger partial charge in [-0.2, -0.15) is 4.39 Å². The fourth-order valence-corrected chi connectivity index (χ4v) is 6.88. The Balaban J connectivity index is 0.00000151. The number of methoxy groups -OCH3 is 1. The smallest absolute Gasteiger partial charge is 0.317 e. The minimum Gasteiger partial charge on any atom is -0.554 e. The number of aromatic nitrogens is 2. The number of aliphatic hydroxyl groups excluding tert-OH is 1. The van der Waals surface area contributed by atoms with Crippen molar-refractivity contribution in [3.8, 4) is 17.0 Å². The molecule has 0 radical (unpaired) electrons. The number of hydrogen-bond donors (Lipinski definition) is 4. The predicted molar refractivity (Wildman–Crippen MR) is 171 cm³/mol. The molecule has 4 atom stereocenters. The lowest BCUT2D eigenvalue weighted by molar-refractivity contribution is -0.879. The van der Waals surface area contributed by atoms with Gasteiger partial charge in [0.2, 0.25) is 5.82 Å². The van der Waals surface area contributed by atoms with Gasteiger partial charge in [-0.25, -0.2) is 14.2 Å². The maximum Gasteiger partial charge on any atom is 0.317 e. The van der Waals surface area contributed by atoms with Gasteiger partial charge in [-0.1, -0.05) is 11.6 Å². The van der Waals surface area contributed by atoms with Gasteiger partial charge >= 0.3 is 6.03 Å². The number of piperidine rings is 1. The summed E-state index contributed by atoms with van der Waals surface area (Å²) in [4.78, 5) is 52.9. The molecule has 2 saturated heterocycles. The zero-order valence-corrected chi connectivity index (χ0v) is 27.8. The van der Waals surface area contributed by atoms with Crippen molar-refractivity contribution in [3.63, 3.8) is 0 Å². The number of nitrogens with zero attached hydrogens (tertiary/aromatic N) is 4. The highest BCUT2D eigenvalue weighted by Crippen LogP contribution is 2.45. The van der Waals surface area contributed by atoms with Crippen LogP contribution in [-0.4, -0.2) is 114 Å². The third-order valence-corrected chi connectivity index (χ3v) is 9.44. The first kappa shape index (κ1) is 35.5. The van der Waals surface area contributed by atoms with Gasteiger partial charge in [-0.3, -0.25) is 9.59 Å². The number of rotatable bonds is 7. The van der Waals surface area contributed by atoms with Crippen LogP contribution >= 0.6 is 11.6 Å². The second kappa shape index (κ2) is 14.0. The van der Waals surface area contributed by atoms with Crippen molar-refractivity contribution >= 4 is 41.6 Å². The monoisotopic (exact) mass is 703 g/mol. The number of hydrogen-bond acceptors (Lipinski definition) is 8. The average molecular weight is 704 g/mol. The highest BCUT2D eigenvalue weighted by atomic mass is 35.5. The van der Waals surface area contributed by atoms with Crippen LogP contribution in [0.5, 0.6) is 5.75 Å². The third-order valence-electron chi connectivity index (χ3n) is 9.13. The molecule has 3 fully saturated rings. The van der Waals surface area contributed by atoms with Crippen LogP contribution in [0.3, 0.4) is 0 Å². The van der Waals surface area contributed by atoms with Crippen LogP contribution in [0.1, 0.15) is 21.0 Å². The number of ether oxygens (including phenoxy) is 1. The van der Waals surface area contributed by atoms with Gasteiger partial charge in [0.25, 0.3) is 11.8 Å². The minimum absolute atomic E-state index is 0.0611. The Morgan fingerprint density at radius 3 is 2.35 bits per heavy atom. The molecule has 262 valence electrons. The fourth-order valence-electron chi connectivity index (χ4n) is 6.61. The number of fused-ring (bicyclic) bond motifs is 1. The van der Waals surface area contributed by atoms with E-state index in [0.29, 0.717) is 36.3 Å². The normalized spacial score (nSPS) is 23.1. The Morgan fingerprint density at radius 2 is 1.76 bits per heavy atom. The summed E-state index contributed by atoms with van der Waals surface area (Å²) >= 11 is 6.42. The molecule has 1 aromatic heterocycles. The van der Waals surface area contributed by atoms with Gasteiger partial charge in [-0.05, 0) is 30.3 Å². The van der Waals surface area contributed by atoms with E-state index in [1.807, 2.05) is 14.1 Å². The molecule has 4 N–H and O–H groups in total. The minimum atomic E-state index is -1.15. The van der Waals surface area contributed by atoms with Crippen molar-refractivity contribution in [2.24, 2.45) is 18.9 Å². The van der Waals surface area contributed by atoms with E-state index in [1.165, 1.54) is 55.3 Å². The molecule has 3 heterocycles. The van der Waals surface area contributed by atoms with Gasteiger partial charge in [0.15, 0.2) is 17.4 Å². The van der Waals surface area contributed by atoms with E-state index >= 15 is 0 Å². The summed E-state index contributed by atoms with van der Waals surface area (Å²) in [5.41, 5.74) is 0.622. The van der Waals surface area contributed by atoms with E-state index in [9.17, 15) is 28.3 Å². The Kier molecular flexibility index (Phi) is 10.1. The number of nitrogens with one attached hydrogen (secondary N) is 3. The van der Waals surface area contributed by atoms with Crippen molar-refractivity contribution in [2.75, 3.05) is 52.7 Å². The second-order valence-corrected chi connectivity index (χ2v) is 13.3. The number of carbonyl (C=O) groups is 4. The van der Waals surface area contributed by atoms with E-state index in [0.717, 1.165) is 0 Å². The molecule has 4 amide bonds. The quantitative estimate of drug-likeness (QED) is 0.207. The molecule has 6 rings (SSSR count). The molecule has 3 aromatic rings. The highest BCUT2D eigenvalue weighted by molar-refractivity contribution is 6.34. The lowest BCUT2D eigenvalue weighted by Crippen LogP contribution is -2.50. The van der Waals surface area contributed by atoms with Crippen molar-refractivity contribution < 1.29 is 47.4 Å². The molecule has 2 aliphatic heterocycles. The summed E-state index contributed by atoms with van der Waals surface area (Å²) in [7, 11) is 6.76. The Morgan fingerprint density at radius 1 is 1.08 bits per heavy atom. The summed E-state index contributed by atoms with van der Waals surface area (Å²) in [6, 6.07) is 6.51. The topological polar surface area (TPSA) is 178 Å². The number of likely N-dealkylation sites (N-methyl/N-ethyl adjacent to an activating group) is 1. The van der Waals surface area contributed by atoms with Gasteiger partial charge in [0.05, 0.1) is 43.7 Å². The molecular formula is C32H36ClF2N7O7. The van der Waals surface area contributed by atoms with Gasteiger partial charge < -0.3 is 49.6 Å². The zero-order valence-electron chi connectivity index (χ0n) is 27.1. The molecule has 14 nitrogen and oxygen atoms in total. The maximum absolute atomic E-state index is 14.6. The van der Waals surface area contributed by atoms with E-state index in [4.69, 9.17) is 26.2 Å². The Hall–Kier alpha value is -4.80. The molecule has 17 heteroatoms. The number of benzene rings is 2. The number of amides is 4. The van der Waals surface area contributed by atoms with Gasteiger partial charge in [0.1, 0.15) is 25.2 Å². The molecule has 49 heavy (non-hydrogen) atoms. The van der Waals surface area contributed by atoms with E-state index in [-0.39, 0.29) is 69.3 Å². The van der Waals surface area contributed by atoms with Gasteiger partial charge in [-0.15, -0.1) is 0 Å². The summed E-state index contributed by atoms with van der Waals surface area (Å²) in [5, 5.41) is 27.3. The van der Waals surface area contributed by atoms with Crippen molar-refractivity contribution in [3.05, 3.63) is 64.6 Å². The summed E-state index contributed by atoms with van der Waals surface area (Å²) in [6.45, 7) is 1.77. The van der Waals surface area contributed by atoms with Crippen molar-refractivity contribution in [1.82, 2.24) is 25.1 Å². The predicted octanol–water partition coefficient (Wildman–Crippen LogP) is 0.835. The molecule has 1 saturated carbocycles. The zero-order chi connectivity index (χ0) is 35.8. The first-order valence-electron chi connectivity index (χ1n) is 15.3. The lowest BCUT2D eigenvalue weighted by Gasteiger charge is -2.25. The number of urea groups is 1. The van der Waals surface area contributed by atoms with Crippen molar-refractivity contribution in [1.29, 1.82) is 0 Å². The summed E-state index contributed by atoms with van der Waals surface area (Å²) in [5.74, 6) is -3.30. The van der Waals surface area contributed by atoms with Crippen LogP contribution in [0.15, 0.2) is 36.5 Å². The third kappa shape index (κ3) is 7.30. The molecule has 3 aliphatic rings. The van der Waals surface area contributed by atoms with E-state index in [2.05, 4.69) is 20.9 Å². The van der Waals surface area contributed by atoms with Crippen molar-refractivity contribution in [2.45, 2.75) is 18.2 Å². The number of imidazole rings is 1. The van der Waals surface area contributed by atoms with Crippen LogP contribution in [0.25, 0.3) is 11.3 Å². The van der Waals surface area contributed by atoms with E-state index < -0.39 is 30.1 Å². The fraction of sp³-hybridized carbons (Fsp3) is 0.406. The molecule has 2 aromatic carbocycles. The van der Waals surface area contributed by atoms with Crippen LogP contribution < -0.4 is 25.8 Å². The second-order valence-electron chi connectivity index (χ2n) is 12.9. The number of likely N-dealkylation sites (tertiary alicyclic amines) is 2. The lowest BCUT2D eigenvalue weighted by atomic mass is 10.1. The van der Waals surface area contributed by atoms with Crippen LogP contribution in [-0.2, 0) is 11.8 Å².